The highest BCUT2D eigenvalue weighted by atomic mass is 16.1. The Morgan fingerprint density at radius 2 is 2.10 bits per heavy atom. The molecule has 1 rings (SSSR count). The number of carbonyl (C=O) groups excluding carboxylic acids is 1. The molecule has 0 spiro atoms. The van der Waals surface area contributed by atoms with Gasteiger partial charge < -0.3 is 5.32 Å². The average molecular weight is 141 g/mol. The van der Waals surface area contributed by atoms with Crippen LogP contribution in [0.5, 0.6) is 0 Å². The Bertz CT molecular complexity index is 116. The molecular formula is C8H15NO. The number of nitrogens with one attached hydrogen (secondary N) is 1. The summed E-state index contributed by atoms with van der Waals surface area (Å²) in [6, 6.07) is 0.428. The Labute approximate surface area is 62.0 Å². The molecule has 0 aromatic carbocycles. The molecule has 0 radical (unpaired) electrons. The summed E-state index contributed by atoms with van der Waals surface area (Å²) in [4.78, 5) is 10.1. The zero-order valence-corrected chi connectivity index (χ0v) is 6.63. The molecule has 2 nitrogen and oxygen atoms in total. The van der Waals surface area contributed by atoms with Crippen molar-refractivity contribution >= 4 is 6.41 Å². The maximum Gasteiger partial charge on any atom is 0.207 e. The zero-order valence-electron chi connectivity index (χ0n) is 6.63. The Morgan fingerprint density at radius 3 is 2.40 bits per heavy atom. The van der Waals surface area contributed by atoms with Gasteiger partial charge in [-0.15, -0.1) is 0 Å². The van der Waals surface area contributed by atoms with Crippen LogP contribution >= 0.6 is 0 Å². The average Bonchev–Trinajstić information content (AvgIpc) is 2.63. The molecule has 1 N–H and O–H groups in total. The van der Waals surface area contributed by atoms with Gasteiger partial charge in [0.1, 0.15) is 0 Å². The summed E-state index contributed by atoms with van der Waals surface area (Å²) in [6.07, 6.45) is 3.41. The van der Waals surface area contributed by atoms with Crippen molar-refractivity contribution < 1.29 is 4.79 Å². The predicted octanol–water partition coefficient (Wildman–Crippen LogP) is 1.17. The molecule has 0 aromatic heterocycles. The lowest BCUT2D eigenvalue weighted by atomic mass is 10.0. The Kier molecular flexibility index (Phi) is 2.30. The highest BCUT2D eigenvalue weighted by Gasteiger charge is 2.32. The number of rotatable bonds is 4. The molecule has 1 aliphatic carbocycles. The molecule has 58 valence electrons. The molecule has 1 fully saturated rings. The SMILES string of the molecule is CC(C)C(NC=O)C1CC1. The van der Waals surface area contributed by atoms with Gasteiger partial charge in [0.25, 0.3) is 0 Å². The molecule has 10 heavy (non-hydrogen) atoms. The van der Waals surface area contributed by atoms with Crippen LogP contribution in [0, 0.1) is 11.8 Å². The van der Waals surface area contributed by atoms with E-state index in [2.05, 4.69) is 19.2 Å². The first-order valence-electron chi connectivity index (χ1n) is 3.95. The fourth-order valence-corrected chi connectivity index (χ4v) is 1.41. The fourth-order valence-electron chi connectivity index (χ4n) is 1.41. The maximum atomic E-state index is 10.1. The minimum Gasteiger partial charge on any atom is -0.355 e. The molecular weight excluding hydrogens is 126 g/mol. The largest absolute Gasteiger partial charge is 0.355 e. The van der Waals surface area contributed by atoms with Gasteiger partial charge in [-0.3, -0.25) is 4.79 Å². The van der Waals surface area contributed by atoms with Crippen molar-refractivity contribution in [2.45, 2.75) is 32.7 Å². The molecule has 0 aliphatic heterocycles. The second-order valence-corrected chi connectivity index (χ2v) is 3.39. The van der Waals surface area contributed by atoms with Crippen LogP contribution in [0.2, 0.25) is 0 Å². The number of amides is 1. The highest BCUT2D eigenvalue weighted by Crippen LogP contribution is 2.35. The normalized spacial score (nSPS) is 20.7. The third-order valence-corrected chi connectivity index (χ3v) is 2.11. The topological polar surface area (TPSA) is 29.1 Å². The Balaban J connectivity index is 2.33. The van der Waals surface area contributed by atoms with Crippen molar-refractivity contribution in [2.75, 3.05) is 0 Å². The van der Waals surface area contributed by atoms with Crippen LogP contribution in [-0.4, -0.2) is 12.5 Å². The quantitative estimate of drug-likeness (QED) is 0.585. The van der Waals surface area contributed by atoms with Gasteiger partial charge in [0.2, 0.25) is 6.41 Å². The van der Waals surface area contributed by atoms with Crippen LogP contribution < -0.4 is 5.32 Å². The van der Waals surface area contributed by atoms with E-state index >= 15 is 0 Å². The van der Waals surface area contributed by atoms with Gasteiger partial charge in [-0.2, -0.15) is 0 Å². The lowest BCUT2D eigenvalue weighted by Crippen LogP contribution is -2.34. The summed E-state index contributed by atoms with van der Waals surface area (Å²) < 4.78 is 0. The molecule has 1 aliphatic rings. The standard InChI is InChI=1S/C8H15NO/c1-6(2)8(9-5-10)7-3-4-7/h5-8H,3-4H2,1-2H3,(H,9,10). The molecule has 1 amide bonds. The van der Waals surface area contributed by atoms with Gasteiger partial charge in [0.15, 0.2) is 0 Å². The second kappa shape index (κ2) is 3.04. The predicted molar refractivity (Wildman–Crippen MR) is 40.5 cm³/mol. The first-order valence-corrected chi connectivity index (χ1v) is 3.95. The summed E-state index contributed by atoms with van der Waals surface area (Å²) in [7, 11) is 0. The van der Waals surface area contributed by atoms with Crippen molar-refractivity contribution in [1.82, 2.24) is 5.32 Å². The zero-order chi connectivity index (χ0) is 7.56. The lowest BCUT2D eigenvalue weighted by Gasteiger charge is -2.18. The summed E-state index contributed by atoms with van der Waals surface area (Å²) >= 11 is 0. The summed E-state index contributed by atoms with van der Waals surface area (Å²) in [5.74, 6) is 1.35. The minimum absolute atomic E-state index is 0.428. The minimum atomic E-state index is 0.428. The van der Waals surface area contributed by atoms with Crippen LogP contribution in [0.3, 0.4) is 0 Å². The fraction of sp³-hybridized carbons (Fsp3) is 0.875. The van der Waals surface area contributed by atoms with Gasteiger partial charge in [0, 0.05) is 6.04 Å². The smallest absolute Gasteiger partial charge is 0.207 e. The van der Waals surface area contributed by atoms with Gasteiger partial charge in [-0.05, 0) is 24.7 Å². The Morgan fingerprint density at radius 1 is 1.50 bits per heavy atom. The van der Waals surface area contributed by atoms with E-state index in [4.69, 9.17) is 0 Å². The van der Waals surface area contributed by atoms with Gasteiger partial charge in [-0.1, -0.05) is 13.8 Å². The molecule has 1 unspecified atom stereocenters. The van der Waals surface area contributed by atoms with E-state index in [9.17, 15) is 4.79 Å². The summed E-state index contributed by atoms with van der Waals surface area (Å²) in [5.41, 5.74) is 0. The van der Waals surface area contributed by atoms with Crippen molar-refractivity contribution in [1.29, 1.82) is 0 Å². The first-order chi connectivity index (χ1) is 4.75. The number of hydrogen-bond acceptors (Lipinski definition) is 1. The van der Waals surface area contributed by atoms with Crippen LogP contribution in [0.1, 0.15) is 26.7 Å². The lowest BCUT2D eigenvalue weighted by molar-refractivity contribution is -0.110. The van der Waals surface area contributed by atoms with Gasteiger partial charge in [-0.25, -0.2) is 0 Å². The number of hydrogen-bond donors (Lipinski definition) is 1. The van der Waals surface area contributed by atoms with E-state index in [1.165, 1.54) is 12.8 Å². The van der Waals surface area contributed by atoms with Gasteiger partial charge >= 0.3 is 0 Å². The van der Waals surface area contributed by atoms with Crippen molar-refractivity contribution in [2.24, 2.45) is 11.8 Å². The van der Waals surface area contributed by atoms with Crippen molar-refractivity contribution in [3.05, 3.63) is 0 Å². The van der Waals surface area contributed by atoms with Crippen LogP contribution in [0.25, 0.3) is 0 Å². The third-order valence-electron chi connectivity index (χ3n) is 2.11. The van der Waals surface area contributed by atoms with E-state index < -0.39 is 0 Å². The molecule has 0 aromatic rings. The maximum absolute atomic E-state index is 10.1. The summed E-state index contributed by atoms with van der Waals surface area (Å²) in [6.45, 7) is 4.30. The first kappa shape index (κ1) is 7.58. The molecule has 0 bridgehead atoms. The molecule has 0 saturated heterocycles. The van der Waals surface area contributed by atoms with E-state index in [1.54, 1.807) is 0 Å². The van der Waals surface area contributed by atoms with Gasteiger partial charge in [0.05, 0.1) is 0 Å². The number of carbonyl (C=O) groups is 1. The van der Waals surface area contributed by atoms with E-state index in [1.807, 2.05) is 0 Å². The van der Waals surface area contributed by atoms with Crippen molar-refractivity contribution in [3.63, 3.8) is 0 Å². The van der Waals surface area contributed by atoms with E-state index in [-0.39, 0.29) is 0 Å². The van der Waals surface area contributed by atoms with E-state index in [0.29, 0.717) is 12.0 Å². The summed E-state index contributed by atoms with van der Waals surface area (Å²) in [5, 5.41) is 2.86. The van der Waals surface area contributed by atoms with Crippen LogP contribution in [0.15, 0.2) is 0 Å². The highest BCUT2D eigenvalue weighted by molar-refractivity contribution is 5.47. The second-order valence-electron chi connectivity index (χ2n) is 3.39. The van der Waals surface area contributed by atoms with E-state index in [0.717, 1.165) is 12.3 Å². The molecule has 2 heteroatoms. The molecule has 0 heterocycles. The van der Waals surface area contributed by atoms with Crippen molar-refractivity contribution in [3.8, 4) is 0 Å². The van der Waals surface area contributed by atoms with Crippen LogP contribution in [-0.2, 0) is 4.79 Å². The monoisotopic (exact) mass is 141 g/mol. The molecule has 1 atom stereocenters. The Hall–Kier alpha value is -0.530. The third kappa shape index (κ3) is 1.72. The molecule has 1 saturated carbocycles. The van der Waals surface area contributed by atoms with Crippen LogP contribution in [0.4, 0.5) is 0 Å².